The minimum Gasteiger partial charge on any atom is -0.491 e. The number of nitrogens with zero attached hydrogens (tertiary/aromatic N) is 2. The van der Waals surface area contributed by atoms with Crippen LogP contribution in [0.15, 0.2) is 48.4 Å². The number of aromatic nitrogens is 1. The minimum absolute atomic E-state index is 0.0243. The van der Waals surface area contributed by atoms with Gasteiger partial charge in [-0.25, -0.2) is 12.7 Å². The number of aliphatic carboxylic acids is 1. The summed E-state index contributed by atoms with van der Waals surface area (Å²) >= 11 is 6.20. The molecule has 1 aliphatic carbocycles. The van der Waals surface area contributed by atoms with Gasteiger partial charge in [-0.1, -0.05) is 17.7 Å². The zero-order chi connectivity index (χ0) is 23.0. The Hall–Kier alpha value is -2.29. The molecule has 1 fully saturated rings. The third-order valence-corrected chi connectivity index (χ3v) is 8.31. The molecule has 0 spiro atoms. The topological polar surface area (TPSA) is 88.8 Å². The van der Waals surface area contributed by atoms with Gasteiger partial charge in [0.2, 0.25) is 10.0 Å². The summed E-state index contributed by atoms with van der Waals surface area (Å²) in [4.78, 5) is 11.3. The highest BCUT2D eigenvalue weighted by Crippen LogP contribution is 2.37. The van der Waals surface area contributed by atoms with Gasteiger partial charge < -0.3 is 14.4 Å². The maximum absolute atomic E-state index is 13.3. The van der Waals surface area contributed by atoms with Gasteiger partial charge in [0.15, 0.2) is 0 Å². The molecule has 2 heterocycles. The highest BCUT2D eigenvalue weighted by atomic mass is 35.5. The second-order valence-corrected chi connectivity index (χ2v) is 11.2. The molecular formula is C23H27ClN2O5S. The maximum Gasteiger partial charge on any atom is 0.323 e. The van der Waals surface area contributed by atoms with Gasteiger partial charge in [0.25, 0.3) is 0 Å². The van der Waals surface area contributed by atoms with E-state index in [2.05, 4.69) is 0 Å². The molecule has 9 heteroatoms. The van der Waals surface area contributed by atoms with E-state index in [1.807, 2.05) is 38.3 Å². The van der Waals surface area contributed by atoms with Crippen LogP contribution in [0.4, 0.5) is 0 Å². The van der Waals surface area contributed by atoms with Gasteiger partial charge in [-0.05, 0) is 62.6 Å². The predicted octanol–water partition coefficient (Wildman–Crippen LogP) is 4.14. The zero-order valence-corrected chi connectivity index (χ0v) is 19.6. The van der Waals surface area contributed by atoms with Crippen LogP contribution in [0.1, 0.15) is 38.2 Å². The lowest BCUT2D eigenvalue weighted by Crippen LogP contribution is -2.36. The third-order valence-electron chi connectivity index (χ3n) is 5.91. The van der Waals surface area contributed by atoms with E-state index in [0.29, 0.717) is 36.7 Å². The first-order valence-electron chi connectivity index (χ1n) is 10.7. The number of sulfonamides is 1. The Bertz CT molecular complexity index is 1200. The lowest BCUT2D eigenvalue weighted by molar-refractivity contribution is -0.137. The molecule has 1 aromatic carbocycles. The molecule has 1 aliphatic heterocycles. The van der Waals surface area contributed by atoms with Crippen molar-refractivity contribution >= 4 is 38.5 Å². The summed E-state index contributed by atoms with van der Waals surface area (Å²) < 4.78 is 35.4. The Morgan fingerprint density at radius 1 is 1.34 bits per heavy atom. The summed E-state index contributed by atoms with van der Waals surface area (Å²) in [6.45, 7) is 4.50. The average molecular weight is 479 g/mol. The second kappa shape index (κ2) is 8.92. The van der Waals surface area contributed by atoms with Gasteiger partial charge in [0.1, 0.15) is 12.3 Å². The lowest BCUT2D eigenvalue weighted by Gasteiger charge is -2.24. The van der Waals surface area contributed by atoms with Crippen molar-refractivity contribution in [1.82, 2.24) is 8.87 Å². The lowest BCUT2D eigenvalue weighted by atomic mass is 9.98. The molecule has 2 aliphatic rings. The standard InChI is InChI=1S/C23H27ClN2O5S/c1-15(2)31-18-4-6-19(7-5-18)32(29,30)26-10-9-16(12-26)21-13-25(14-23(27)28)22-8-3-17(24)11-20(21)22/h3-6,8,11,13,15-16,19H,7,9-10,12,14H2,1-2H3,(H,27,28). The summed E-state index contributed by atoms with van der Waals surface area (Å²) in [7, 11) is -3.51. The number of hydrogen-bond acceptors (Lipinski definition) is 4. The Labute approximate surface area is 193 Å². The maximum atomic E-state index is 13.3. The van der Waals surface area contributed by atoms with Crippen molar-refractivity contribution in [1.29, 1.82) is 0 Å². The van der Waals surface area contributed by atoms with Crippen LogP contribution in [-0.2, 0) is 26.1 Å². The van der Waals surface area contributed by atoms with Crippen LogP contribution in [-0.4, -0.2) is 52.8 Å². The zero-order valence-electron chi connectivity index (χ0n) is 18.1. The molecule has 1 N–H and O–H groups in total. The van der Waals surface area contributed by atoms with Gasteiger partial charge in [-0.2, -0.15) is 0 Å². The van der Waals surface area contributed by atoms with Crippen LogP contribution in [0.2, 0.25) is 5.02 Å². The molecule has 0 radical (unpaired) electrons. The number of carboxylic acid groups (broad SMARTS) is 1. The molecule has 2 atom stereocenters. The molecule has 2 aromatic rings. The number of halogens is 1. The number of ether oxygens (including phenoxy) is 1. The van der Waals surface area contributed by atoms with Gasteiger partial charge >= 0.3 is 5.97 Å². The quantitative estimate of drug-likeness (QED) is 0.646. The van der Waals surface area contributed by atoms with Crippen LogP contribution in [0, 0.1) is 0 Å². The molecule has 2 unspecified atom stereocenters. The van der Waals surface area contributed by atoms with Gasteiger partial charge in [0.05, 0.1) is 11.4 Å². The third kappa shape index (κ3) is 4.58. The minimum atomic E-state index is -3.51. The normalized spacial score (nSPS) is 21.9. The van der Waals surface area contributed by atoms with E-state index < -0.39 is 21.2 Å². The summed E-state index contributed by atoms with van der Waals surface area (Å²) in [6, 6.07) is 5.37. The largest absolute Gasteiger partial charge is 0.491 e. The van der Waals surface area contributed by atoms with Crippen molar-refractivity contribution in [3.63, 3.8) is 0 Å². The molecular weight excluding hydrogens is 452 g/mol. The SMILES string of the molecule is CC(C)OC1=CCC(S(=O)(=O)N2CCC(c3cn(CC(=O)O)c4ccc(Cl)cc34)C2)C=C1. The summed E-state index contributed by atoms with van der Waals surface area (Å²) in [5, 5.41) is 10.1. The number of allylic oxidation sites excluding steroid dienone is 2. The first kappa shape index (κ1) is 22.9. The first-order chi connectivity index (χ1) is 15.1. The Kier molecular flexibility index (Phi) is 6.38. The fraction of sp³-hybridized carbons (Fsp3) is 0.435. The fourth-order valence-corrected chi connectivity index (χ4v) is 6.38. The van der Waals surface area contributed by atoms with Crippen molar-refractivity contribution < 1.29 is 23.1 Å². The van der Waals surface area contributed by atoms with Crippen molar-refractivity contribution in [2.75, 3.05) is 13.1 Å². The molecule has 32 heavy (non-hydrogen) atoms. The van der Waals surface area contributed by atoms with Gasteiger partial charge in [-0.3, -0.25) is 4.79 Å². The van der Waals surface area contributed by atoms with E-state index in [9.17, 15) is 18.3 Å². The molecule has 0 bridgehead atoms. The molecule has 4 rings (SSSR count). The van der Waals surface area contributed by atoms with Crippen molar-refractivity contribution in [2.24, 2.45) is 0 Å². The van der Waals surface area contributed by atoms with Crippen molar-refractivity contribution in [3.05, 3.63) is 59.0 Å². The average Bonchev–Trinajstić information content (AvgIpc) is 3.33. The number of hydrogen-bond donors (Lipinski definition) is 1. The van der Waals surface area contributed by atoms with E-state index in [1.54, 1.807) is 27.1 Å². The molecule has 0 amide bonds. The molecule has 0 saturated carbocycles. The van der Waals surface area contributed by atoms with E-state index in [0.717, 1.165) is 16.5 Å². The molecule has 172 valence electrons. The smallest absolute Gasteiger partial charge is 0.323 e. The van der Waals surface area contributed by atoms with Crippen LogP contribution >= 0.6 is 11.6 Å². The Morgan fingerprint density at radius 3 is 2.78 bits per heavy atom. The van der Waals surface area contributed by atoms with Crippen LogP contribution in [0.3, 0.4) is 0 Å². The number of fused-ring (bicyclic) bond motifs is 1. The Balaban J connectivity index is 1.54. The second-order valence-electron chi connectivity index (χ2n) is 8.56. The summed E-state index contributed by atoms with van der Waals surface area (Å²) in [5.41, 5.74) is 1.72. The van der Waals surface area contributed by atoms with Gasteiger partial charge in [0, 0.05) is 41.1 Å². The number of carboxylic acids is 1. The van der Waals surface area contributed by atoms with Crippen molar-refractivity contribution in [2.45, 2.75) is 50.5 Å². The van der Waals surface area contributed by atoms with Gasteiger partial charge in [-0.15, -0.1) is 0 Å². The van der Waals surface area contributed by atoms with E-state index in [-0.39, 0.29) is 18.6 Å². The van der Waals surface area contributed by atoms with Crippen LogP contribution in [0.5, 0.6) is 0 Å². The summed E-state index contributed by atoms with van der Waals surface area (Å²) in [5.74, 6) is -0.255. The predicted molar refractivity (Wildman–Crippen MR) is 124 cm³/mol. The van der Waals surface area contributed by atoms with E-state index in [1.165, 1.54) is 0 Å². The van der Waals surface area contributed by atoms with Crippen LogP contribution < -0.4 is 0 Å². The molecule has 1 saturated heterocycles. The fourth-order valence-electron chi connectivity index (χ4n) is 4.46. The van der Waals surface area contributed by atoms with Crippen molar-refractivity contribution in [3.8, 4) is 0 Å². The number of rotatable bonds is 7. The van der Waals surface area contributed by atoms with E-state index >= 15 is 0 Å². The highest BCUT2D eigenvalue weighted by Gasteiger charge is 2.37. The van der Waals surface area contributed by atoms with E-state index in [4.69, 9.17) is 16.3 Å². The number of benzene rings is 1. The number of carbonyl (C=O) groups is 1. The Morgan fingerprint density at radius 2 is 2.12 bits per heavy atom. The molecule has 1 aromatic heterocycles. The highest BCUT2D eigenvalue weighted by molar-refractivity contribution is 7.89. The first-order valence-corrected chi connectivity index (χ1v) is 12.6. The molecule has 7 nitrogen and oxygen atoms in total. The van der Waals surface area contributed by atoms with Crippen LogP contribution in [0.25, 0.3) is 10.9 Å². The monoisotopic (exact) mass is 478 g/mol. The summed E-state index contributed by atoms with van der Waals surface area (Å²) in [6.07, 6.45) is 8.20.